The van der Waals surface area contributed by atoms with Crippen molar-refractivity contribution in [3.63, 3.8) is 0 Å². The van der Waals surface area contributed by atoms with E-state index in [-0.39, 0.29) is 17.8 Å². The summed E-state index contributed by atoms with van der Waals surface area (Å²) < 4.78 is 0. The molecule has 0 saturated heterocycles. The van der Waals surface area contributed by atoms with E-state index in [2.05, 4.69) is 10.6 Å². The van der Waals surface area contributed by atoms with Gasteiger partial charge in [0, 0.05) is 11.5 Å². The zero-order valence-electron chi connectivity index (χ0n) is 23.4. The highest BCUT2D eigenvalue weighted by Gasteiger charge is 2.67. The van der Waals surface area contributed by atoms with E-state index in [1.54, 1.807) is 6.92 Å². The van der Waals surface area contributed by atoms with E-state index in [0.717, 1.165) is 0 Å². The summed E-state index contributed by atoms with van der Waals surface area (Å²) >= 11 is 0. The number of primary amides is 1. The summed E-state index contributed by atoms with van der Waals surface area (Å²) in [6.07, 6.45) is -1.68. The topological polar surface area (TPSA) is 223 Å². The Morgan fingerprint density at radius 2 is 1.78 bits per heavy atom. The number of Topliss-reactive ketones (excluding diaryl/α,β-unsaturated/α-hetero) is 2. The number of anilines is 1. The Kier molecular flexibility index (Phi) is 7.78. The Bertz CT molecular complexity index is 1400. The molecule has 0 aliphatic heterocycles. The number of aliphatic hydroxyl groups is 4. The molecule has 0 heterocycles. The lowest BCUT2D eigenvalue weighted by atomic mass is 9.55. The third-order valence-corrected chi connectivity index (χ3v) is 8.24. The zero-order valence-corrected chi connectivity index (χ0v) is 23.4. The van der Waals surface area contributed by atoms with Crippen LogP contribution in [0.1, 0.15) is 42.6 Å². The van der Waals surface area contributed by atoms with Gasteiger partial charge in [0.05, 0.1) is 35.9 Å². The van der Waals surface area contributed by atoms with Crippen molar-refractivity contribution in [3.05, 3.63) is 45.9 Å². The van der Waals surface area contributed by atoms with Crippen LogP contribution < -0.4 is 16.4 Å². The van der Waals surface area contributed by atoms with Crippen LogP contribution in [0.5, 0.6) is 5.75 Å². The van der Waals surface area contributed by atoms with Gasteiger partial charge < -0.3 is 41.9 Å². The van der Waals surface area contributed by atoms with Gasteiger partial charge in [-0.2, -0.15) is 0 Å². The maximum atomic E-state index is 13.9. The van der Waals surface area contributed by atoms with Crippen LogP contribution in [0.15, 0.2) is 34.8 Å². The van der Waals surface area contributed by atoms with Gasteiger partial charge in [0.2, 0.25) is 11.7 Å². The lowest BCUT2D eigenvalue weighted by Gasteiger charge is -2.53. The summed E-state index contributed by atoms with van der Waals surface area (Å²) in [7, 11) is 2.94. The molecule has 1 aromatic carbocycles. The Morgan fingerprint density at radius 3 is 2.34 bits per heavy atom. The minimum Gasteiger partial charge on any atom is -0.510 e. The Labute approximate surface area is 236 Å². The number of benzene rings is 1. The van der Waals surface area contributed by atoms with Crippen molar-refractivity contribution in [1.82, 2.24) is 10.2 Å². The third-order valence-electron chi connectivity index (χ3n) is 8.24. The van der Waals surface area contributed by atoms with Gasteiger partial charge in [-0.05, 0) is 44.1 Å². The van der Waals surface area contributed by atoms with Crippen LogP contribution in [0.2, 0.25) is 0 Å². The molecule has 41 heavy (non-hydrogen) atoms. The first kappa shape index (κ1) is 30.2. The van der Waals surface area contributed by atoms with Gasteiger partial charge in [-0.15, -0.1) is 0 Å². The molecule has 5 unspecified atom stereocenters. The molecular weight excluding hydrogens is 536 g/mol. The standard InChI is InChI=1S/C28H36N4O9/c1-10(2)8-30-9-14(33)31-13-7-6-12-11(3)15-17(22(35)16(12)21(13)34)25(38)28(41)19(23(15)36)20(32(4)5)24(37)18(26(28)39)27(29)40/h6-7,10-11,15,19-20,23,30,34,36-38,41H,8-9H2,1-5H3,(H2,29,40)(H,31,33)/t11?,15?,19?,20-,23?,28?/m0/s1. The number of hydrogen-bond acceptors (Lipinski definition) is 11. The molecule has 0 saturated carbocycles. The predicted molar refractivity (Wildman–Crippen MR) is 146 cm³/mol. The highest BCUT2D eigenvalue weighted by Crippen LogP contribution is 2.56. The van der Waals surface area contributed by atoms with E-state index >= 15 is 0 Å². The van der Waals surface area contributed by atoms with Crippen molar-refractivity contribution < 1.29 is 44.7 Å². The van der Waals surface area contributed by atoms with E-state index in [9.17, 15) is 44.7 Å². The molecule has 2 amide bonds. The second-order valence-electron chi connectivity index (χ2n) is 11.5. The van der Waals surface area contributed by atoms with Crippen LogP contribution in [-0.4, -0.2) is 98.7 Å². The van der Waals surface area contributed by atoms with E-state index < -0.39 is 87.3 Å². The minimum atomic E-state index is -2.99. The first-order chi connectivity index (χ1) is 19.1. The summed E-state index contributed by atoms with van der Waals surface area (Å²) in [5, 5.41) is 62.2. The number of nitrogens with one attached hydrogen (secondary N) is 2. The number of carbonyl (C=O) groups is 4. The highest BCUT2D eigenvalue weighted by atomic mass is 16.4. The predicted octanol–water partition coefficient (Wildman–Crippen LogP) is -0.163. The minimum absolute atomic E-state index is 0.0502. The van der Waals surface area contributed by atoms with Gasteiger partial charge in [-0.3, -0.25) is 24.1 Å². The third kappa shape index (κ3) is 4.49. The van der Waals surface area contributed by atoms with E-state index in [4.69, 9.17) is 5.73 Å². The van der Waals surface area contributed by atoms with Gasteiger partial charge in [0.15, 0.2) is 17.1 Å². The Hall–Kier alpha value is -3.78. The quantitative estimate of drug-likeness (QED) is 0.158. The maximum Gasteiger partial charge on any atom is 0.255 e. The number of nitrogens with two attached hydrogens (primary N) is 1. The summed E-state index contributed by atoms with van der Waals surface area (Å²) in [6.45, 7) is 6.11. The smallest absolute Gasteiger partial charge is 0.255 e. The Morgan fingerprint density at radius 1 is 1.15 bits per heavy atom. The average molecular weight is 573 g/mol. The fourth-order valence-electron chi connectivity index (χ4n) is 6.39. The number of nitrogens with zero attached hydrogens (tertiary/aromatic N) is 1. The molecule has 9 N–H and O–H groups in total. The molecule has 3 aliphatic rings. The van der Waals surface area contributed by atoms with Crippen LogP contribution in [-0.2, 0) is 14.4 Å². The van der Waals surface area contributed by atoms with Gasteiger partial charge in [-0.1, -0.05) is 26.8 Å². The molecule has 222 valence electrons. The van der Waals surface area contributed by atoms with Crippen molar-refractivity contribution in [1.29, 1.82) is 0 Å². The number of aromatic hydroxyl groups is 1. The molecule has 0 bridgehead atoms. The lowest BCUT2D eigenvalue weighted by molar-refractivity contribution is -0.162. The normalized spacial score (nSPS) is 29.4. The van der Waals surface area contributed by atoms with Crippen LogP contribution in [0.4, 0.5) is 5.69 Å². The highest BCUT2D eigenvalue weighted by molar-refractivity contribution is 6.25. The molecular formula is C28H36N4O9. The van der Waals surface area contributed by atoms with Crippen molar-refractivity contribution >= 4 is 29.1 Å². The monoisotopic (exact) mass is 572 g/mol. The van der Waals surface area contributed by atoms with Gasteiger partial charge in [0.1, 0.15) is 17.1 Å². The SMILES string of the molecule is CC(C)CNCC(=O)Nc1ccc2c(c1O)C(=O)C1=C(O)C3(O)C(=O)C(C(N)=O)=C(O)[C@@H](N(C)C)C3C(O)C1C2C. The zero-order chi connectivity index (χ0) is 30.7. The average Bonchev–Trinajstić information content (AvgIpc) is 2.87. The number of aliphatic hydroxyl groups excluding tert-OH is 3. The molecule has 3 aliphatic carbocycles. The number of phenolic OH excluding ortho intramolecular Hbond substituents is 1. The van der Waals surface area contributed by atoms with Crippen LogP contribution in [0.25, 0.3) is 0 Å². The fourth-order valence-corrected chi connectivity index (χ4v) is 6.39. The van der Waals surface area contributed by atoms with Gasteiger partial charge in [-0.25, -0.2) is 0 Å². The first-order valence-electron chi connectivity index (χ1n) is 13.3. The van der Waals surface area contributed by atoms with Gasteiger partial charge in [0.25, 0.3) is 5.91 Å². The summed E-state index contributed by atoms with van der Waals surface area (Å²) in [6, 6.07) is 1.59. The van der Waals surface area contributed by atoms with Crippen LogP contribution in [0, 0.1) is 17.8 Å². The molecule has 0 aromatic heterocycles. The number of fused-ring (bicyclic) bond motifs is 3. The van der Waals surface area contributed by atoms with Gasteiger partial charge >= 0.3 is 0 Å². The number of phenols is 1. The molecule has 6 atom stereocenters. The van der Waals surface area contributed by atoms with E-state index in [0.29, 0.717) is 18.0 Å². The van der Waals surface area contributed by atoms with Crippen molar-refractivity contribution in [2.75, 3.05) is 32.5 Å². The summed E-state index contributed by atoms with van der Waals surface area (Å²) in [5.74, 6) is -9.95. The molecule has 0 fully saturated rings. The van der Waals surface area contributed by atoms with Crippen molar-refractivity contribution in [3.8, 4) is 5.75 Å². The molecule has 0 radical (unpaired) electrons. The molecule has 4 rings (SSSR count). The molecule has 13 nitrogen and oxygen atoms in total. The van der Waals surface area contributed by atoms with Crippen LogP contribution >= 0.6 is 0 Å². The molecule has 1 aromatic rings. The van der Waals surface area contributed by atoms with E-state index in [1.807, 2.05) is 13.8 Å². The number of ketones is 2. The number of carbonyl (C=O) groups excluding carboxylic acids is 4. The molecule has 0 spiro atoms. The van der Waals surface area contributed by atoms with Crippen molar-refractivity contribution in [2.45, 2.75) is 44.4 Å². The molecule has 13 heteroatoms. The second-order valence-corrected chi connectivity index (χ2v) is 11.5. The summed E-state index contributed by atoms with van der Waals surface area (Å²) in [5.41, 5.74) is 0.802. The fraction of sp³-hybridized carbons (Fsp3) is 0.500. The van der Waals surface area contributed by atoms with Crippen molar-refractivity contribution in [2.24, 2.45) is 23.5 Å². The van der Waals surface area contributed by atoms with Crippen LogP contribution in [0.3, 0.4) is 0 Å². The number of rotatable bonds is 7. The number of amides is 2. The number of hydrogen-bond donors (Lipinski definition) is 8. The Balaban J connectivity index is 1.85. The lowest BCUT2D eigenvalue weighted by Crippen LogP contribution is -2.68. The van der Waals surface area contributed by atoms with E-state index in [1.165, 1.54) is 31.1 Å². The second kappa shape index (κ2) is 10.6. The number of likely N-dealkylation sites (N-methyl/N-ethyl adjacent to an activating group) is 1. The maximum absolute atomic E-state index is 13.9. The summed E-state index contributed by atoms with van der Waals surface area (Å²) in [4.78, 5) is 53.2. The first-order valence-corrected chi connectivity index (χ1v) is 13.3. The largest absolute Gasteiger partial charge is 0.510 e.